The summed E-state index contributed by atoms with van der Waals surface area (Å²) >= 11 is 0. The summed E-state index contributed by atoms with van der Waals surface area (Å²) < 4.78 is 25.0. The summed E-state index contributed by atoms with van der Waals surface area (Å²) in [5.74, 6) is -0.149. The molecule has 0 spiro atoms. The molecular weight excluding hydrogens is 640 g/mol. The van der Waals surface area contributed by atoms with Crippen molar-refractivity contribution in [3.8, 4) is 16.9 Å². The maximum absolute atomic E-state index is 13.9. The molecule has 0 fully saturated rings. The van der Waals surface area contributed by atoms with Gasteiger partial charge in [-0.2, -0.15) is 0 Å². The smallest absolute Gasteiger partial charge is 0.496 e. The number of rotatable bonds is 12. The summed E-state index contributed by atoms with van der Waals surface area (Å²) in [4.78, 5) is 31.8. The summed E-state index contributed by atoms with van der Waals surface area (Å²) in [6, 6.07) is 19.9. The number of ether oxygens (including phenoxy) is 4. The van der Waals surface area contributed by atoms with Gasteiger partial charge in [0.2, 0.25) is 0 Å². The van der Waals surface area contributed by atoms with Crippen molar-refractivity contribution in [2.45, 2.75) is 97.4 Å². The molecule has 1 aromatic heterocycles. The highest BCUT2D eigenvalue weighted by molar-refractivity contribution is 5.91. The van der Waals surface area contributed by atoms with Gasteiger partial charge in [-0.1, -0.05) is 116 Å². The second-order valence-electron chi connectivity index (χ2n) is 15.3. The van der Waals surface area contributed by atoms with Crippen LogP contribution in [0, 0.1) is 0 Å². The SMILES string of the molecule is CCCCCOC(=O)C(=C(C)OC(=O)OCC1c2cc(C(C)(C)C)ccc2-c2ccc(C(C)(C)C)cc21)C(c1ccccc1OC)n1ccnc1. The number of nitrogens with zero attached hydrogens (tertiary/aromatic N) is 2. The van der Waals surface area contributed by atoms with E-state index in [0.29, 0.717) is 11.3 Å². The molecule has 0 saturated carbocycles. The third-order valence-corrected chi connectivity index (χ3v) is 9.59. The molecule has 8 heteroatoms. The van der Waals surface area contributed by atoms with Crippen molar-refractivity contribution < 1.29 is 28.5 Å². The van der Waals surface area contributed by atoms with Gasteiger partial charge in [-0.25, -0.2) is 14.6 Å². The van der Waals surface area contributed by atoms with Gasteiger partial charge in [0, 0.05) is 23.9 Å². The number of imidazole rings is 1. The number of esters is 1. The average Bonchev–Trinajstić information content (AvgIpc) is 3.73. The van der Waals surface area contributed by atoms with Gasteiger partial charge in [0.15, 0.2) is 0 Å². The van der Waals surface area contributed by atoms with Crippen molar-refractivity contribution in [2.75, 3.05) is 20.3 Å². The minimum absolute atomic E-state index is 0.0542. The predicted molar refractivity (Wildman–Crippen MR) is 200 cm³/mol. The first-order valence-electron chi connectivity index (χ1n) is 17.9. The Balaban J connectivity index is 1.49. The number of para-hydroxylation sites is 1. The topological polar surface area (TPSA) is 88.9 Å². The van der Waals surface area contributed by atoms with E-state index < -0.39 is 18.2 Å². The predicted octanol–water partition coefficient (Wildman–Crippen LogP) is 10.0. The van der Waals surface area contributed by atoms with Crippen molar-refractivity contribution >= 4 is 12.1 Å². The molecule has 0 aliphatic heterocycles. The summed E-state index contributed by atoms with van der Waals surface area (Å²) in [6.45, 7) is 17.2. The first-order chi connectivity index (χ1) is 24.2. The van der Waals surface area contributed by atoms with Crippen molar-refractivity contribution in [3.05, 3.63) is 119 Å². The molecule has 0 N–H and O–H groups in total. The van der Waals surface area contributed by atoms with Crippen LogP contribution in [0.5, 0.6) is 5.75 Å². The normalized spacial score (nSPS) is 13.9. The lowest BCUT2D eigenvalue weighted by Crippen LogP contribution is -2.24. The van der Waals surface area contributed by atoms with Crippen LogP contribution in [0.3, 0.4) is 0 Å². The third kappa shape index (κ3) is 8.38. The van der Waals surface area contributed by atoms with E-state index in [4.69, 9.17) is 18.9 Å². The average molecular weight is 693 g/mol. The zero-order chi connectivity index (χ0) is 36.9. The Labute approximate surface area is 302 Å². The Bertz CT molecular complexity index is 1810. The van der Waals surface area contributed by atoms with E-state index in [0.717, 1.165) is 41.5 Å². The molecule has 4 aromatic rings. The fraction of sp³-hybridized carbons (Fsp3) is 0.419. The van der Waals surface area contributed by atoms with Crippen LogP contribution >= 0.6 is 0 Å². The summed E-state index contributed by atoms with van der Waals surface area (Å²) in [5, 5.41) is 0. The van der Waals surface area contributed by atoms with Crippen LogP contribution < -0.4 is 4.74 Å². The van der Waals surface area contributed by atoms with Crippen LogP contribution in [0.15, 0.2) is 90.7 Å². The van der Waals surface area contributed by atoms with Gasteiger partial charge >= 0.3 is 12.1 Å². The number of benzene rings is 3. The van der Waals surface area contributed by atoms with Crippen molar-refractivity contribution in [2.24, 2.45) is 0 Å². The van der Waals surface area contributed by atoms with Gasteiger partial charge in [0.25, 0.3) is 0 Å². The fourth-order valence-electron chi connectivity index (χ4n) is 6.66. The molecule has 1 heterocycles. The molecule has 0 bridgehead atoms. The van der Waals surface area contributed by atoms with E-state index in [-0.39, 0.29) is 41.3 Å². The molecule has 0 radical (unpaired) electrons. The Morgan fingerprint density at radius 3 is 2.04 bits per heavy atom. The minimum Gasteiger partial charge on any atom is -0.496 e. The van der Waals surface area contributed by atoms with Crippen LogP contribution in [0.4, 0.5) is 4.79 Å². The van der Waals surface area contributed by atoms with Gasteiger partial charge in [0.1, 0.15) is 23.7 Å². The molecule has 0 amide bonds. The molecule has 3 aromatic carbocycles. The quantitative estimate of drug-likeness (QED) is 0.0632. The minimum atomic E-state index is -0.901. The maximum atomic E-state index is 13.9. The number of carbonyl (C=O) groups excluding carboxylic acids is 2. The number of aromatic nitrogens is 2. The Kier molecular flexibility index (Phi) is 11.4. The van der Waals surface area contributed by atoms with E-state index in [1.807, 2.05) is 24.3 Å². The molecule has 8 nitrogen and oxygen atoms in total. The number of hydrogen-bond donors (Lipinski definition) is 0. The molecule has 1 atom stereocenters. The number of carbonyl (C=O) groups is 2. The molecule has 1 unspecified atom stereocenters. The summed E-state index contributed by atoms with van der Waals surface area (Å²) in [5.41, 5.74) is 7.66. The summed E-state index contributed by atoms with van der Waals surface area (Å²) in [6.07, 6.45) is 6.72. The number of unbranched alkanes of at least 4 members (excludes halogenated alkanes) is 2. The third-order valence-electron chi connectivity index (χ3n) is 9.59. The van der Waals surface area contributed by atoms with Crippen molar-refractivity contribution in [3.63, 3.8) is 0 Å². The van der Waals surface area contributed by atoms with Gasteiger partial charge in [0.05, 0.1) is 26.1 Å². The first kappa shape index (κ1) is 37.4. The molecule has 5 rings (SSSR count). The van der Waals surface area contributed by atoms with E-state index in [2.05, 4.69) is 89.8 Å². The van der Waals surface area contributed by atoms with Crippen LogP contribution in [0.1, 0.15) is 114 Å². The number of allylic oxidation sites excluding steroid dienone is 1. The lowest BCUT2D eigenvalue weighted by atomic mass is 9.83. The number of fused-ring (bicyclic) bond motifs is 3. The molecule has 0 saturated heterocycles. The van der Waals surface area contributed by atoms with Gasteiger partial charge in [-0.05, 0) is 63.6 Å². The zero-order valence-electron chi connectivity index (χ0n) is 31.5. The standard InChI is InChI=1S/C43H52N2O6/c1-10-11-14-23-49-40(46)38(39(45-22-21-44-27-45)33-15-12-13-16-37(33)48-9)28(2)51-41(47)50-26-36-34-24-29(42(3,4)5)17-19-31(34)32-20-18-30(25-35(32)36)43(6,7)8/h12-13,15-22,24-25,27,36,39H,10-11,14,23,26H2,1-9H3. The van der Waals surface area contributed by atoms with Crippen LogP contribution in [-0.2, 0) is 29.8 Å². The van der Waals surface area contributed by atoms with Gasteiger partial charge < -0.3 is 23.5 Å². The molecule has 1 aliphatic carbocycles. The number of methoxy groups -OCH3 is 1. The molecule has 1 aliphatic rings. The Hall–Kier alpha value is -4.85. The van der Waals surface area contributed by atoms with Crippen molar-refractivity contribution in [1.29, 1.82) is 0 Å². The van der Waals surface area contributed by atoms with E-state index in [1.165, 1.54) is 11.1 Å². The lowest BCUT2D eigenvalue weighted by molar-refractivity contribution is -0.139. The van der Waals surface area contributed by atoms with Crippen LogP contribution in [0.2, 0.25) is 0 Å². The monoisotopic (exact) mass is 692 g/mol. The van der Waals surface area contributed by atoms with E-state index >= 15 is 0 Å². The number of hydrogen-bond acceptors (Lipinski definition) is 7. The maximum Gasteiger partial charge on any atom is 0.513 e. The van der Waals surface area contributed by atoms with Gasteiger partial charge in [-0.15, -0.1) is 0 Å². The highest BCUT2D eigenvalue weighted by Gasteiger charge is 2.34. The molecule has 270 valence electrons. The lowest BCUT2D eigenvalue weighted by Gasteiger charge is -2.25. The van der Waals surface area contributed by atoms with Crippen molar-refractivity contribution in [1.82, 2.24) is 9.55 Å². The second-order valence-corrected chi connectivity index (χ2v) is 15.3. The Morgan fingerprint density at radius 1 is 0.863 bits per heavy atom. The molecular formula is C43H52N2O6. The first-order valence-corrected chi connectivity index (χ1v) is 17.9. The van der Waals surface area contributed by atoms with E-state index in [9.17, 15) is 9.59 Å². The van der Waals surface area contributed by atoms with Crippen LogP contribution in [-0.4, -0.2) is 42.0 Å². The fourth-order valence-corrected chi connectivity index (χ4v) is 6.66. The second kappa shape index (κ2) is 15.6. The molecule has 51 heavy (non-hydrogen) atoms. The highest BCUT2D eigenvalue weighted by atomic mass is 16.7. The Morgan fingerprint density at radius 2 is 1.49 bits per heavy atom. The van der Waals surface area contributed by atoms with Crippen LogP contribution in [0.25, 0.3) is 11.1 Å². The summed E-state index contributed by atoms with van der Waals surface area (Å²) in [7, 11) is 1.57. The zero-order valence-corrected chi connectivity index (χ0v) is 31.5. The highest BCUT2D eigenvalue weighted by Crippen LogP contribution is 2.47. The van der Waals surface area contributed by atoms with Gasteiger partial charge in [-0.3, -0.25) is 0 Å². The van der Waals surface area contributed by atoms with E-state index in [1.54, 1.807) is 37.3 Å². The largest absolute Gasteiger partial charge is 0.513 e.